The monoisotopic (exact) mass is 86.0 g/mol. The van der Waals surface area contributed by atoms with Gasteiger partial charge in [0, 0.05) is 13.6 Å². The first kappa shape index (κ1) is 5.14. The molecule has 0 rings (SSSR count). The fraction of sp³-hybridized carbons (Fsp3) is 0.333. The highest BCUT2D eigenvalue weighted by atomic mass is 16.6. The van der Waals surface area contributed by atoms with Crippen LogP contribution < -0.4 is 0 Å². The quantitative estimate of drug-likeness (QED) is 0.283. The highest BCUT2D eigenvalue weighted by Crippen LogP contribution is 1.70. The van der Waals surface area contributed by atoms with Crippen molar-refractivity contribution < 1.29 is 4.84 Å². The Hall–Kier alpha value is -0.860. The maximum atomic E-state index is 6.54. The highest BCUT2D eigenvalue weighted by molar-refractivity contribution is 5.69. The van der Waals surface area contributed by atoms with Crippen molar-refractivity contribution in [3.05, 3.63) is 0 Å². The maximum absolute atomic E-state index is 6.54. The Morgan fingerprint density at radius 2 is 2.50 bits per heavy atom. The van der Waals surface area contributed by atoms with Gasteiger partial charge in [-0.1, -0.05) is 5.16 Å². The van der Waals surface area contributed by atoms with Crippen LogP contribution in [0.25, 0.3) is 0 Å². The normalized spacial score (nSPS) is 6.83. The highest BCUT2D eigenvalue weighted by Gasteiger charge is 1.74. The van der Waals surface area contributed by atoms with Gasteiger partial charge in [0.2, 0.25) is 5.90 Å². The molecule has 0 aromatic heterocycles. The van der Waals surface area contributed by atoms with Crippen LogP contribution in [0.5, 0.6) is 0 Å². The largest absolute Gasteiger partial charge is 0.343 e. The summed E-state index contributed by atoms with van der Waals surface area (Å²) in [6.07, 6.45) is 0. The van der Waals surface area contributed by atoms with Crippen LogP contribution in [0.1, 0.15) is 6.92 Å². The Balaban J connectivity index is 3.05. The van der Waals surface area contributed by atoms with Gasteiger partial charge >= 0.3 is 0 Å². The van der Waals surface area contributed by atoms with Crippen molar-refractivity contribution >= 4 is 12.6 Å². The standard InChI is InChI=1S/C3H6N2O/c1-3(4)6-5-2/h4H,2H2,1H3. The Bertz CT molecular complexity index is 69.2. The van der Waals surface area contributed by atoms with Crippen molar-refractivity contribution in [3.63, 3.8) is 0 Å². The second-order valence-corrected chi connectivity index (χ2v) is 0.777. The number of nitrogens with one attached hydrogen (secondary N) is 1. The average Bonchev–Trinajstić information content (AvgIpc) is 1.35. The van der Waals surface area contributed by atoms with Crippen LogP contribution in [-0.4, -0.2) is 12.6 Å². The van der Waals surface area contributed by atoms with Gasteiger partial charge in [-0.05, 0) is 0 Å². The molecule has 0 aliphatic carbocycles. The first-order valence-electron chi connectivity index (χ1n) is 1.45. The predicted molar refractivity (Wildman–Crippen MR) is 24.0 cm³/mol. The van der Waals surface area contributed by atoms with Crippen molar-refractivity contribution in [2.45, 2.75) is 6.92 Å². The zero-order valence-electron chi connectivity index (χ0n) is 3.56. The van der Waals surface area contributed by atoms with E-state index >= 15 is 0 Å². The van der Waals surface area contributed by atoms with Crippen LogP contribution in [0.2, 0.25) is 0 Å². The second-order valence-electron chi connectivity index (χ2n) is 0.777. The third kappa shape index (κ3) is 3.14. The zero-order chi connectivity index (χ0) is 4.99. The Kier molecular flexibility index (Phi) is 2.04. The fourth-order valence-electron chi connectivity index (χ4n) is 0.0968. The molecule has 0 heterocycles. The molecule has 0 spiro atoms. The topological polar surface area (TPSA) is 45.4 Å². The molecule has 0 saturated carbocycles. The van der Waals surface area contributed by atoms with E-state index in [0.29, 0.717) is 0 Å². The molecule has 0 saturated heterocycles. The number of oxime groups is 1. The Morgan fingerprint density at radius 1 is 2.00 bits per heavy atom. The molecule has 0 fully saturated rings. The van der Waals surface area contributed by atoms with E-state index in [0.717, 1.165) is 0 Å². The van der Waals surface area contributed by atoms with Gasteiger partial charge in [0.25, 0.3) is 0 Å². The average molecular weight is 86.1 g/mol. The summed E-state index contributed by atoms with van der Waals surface area (Å²) in [5.41, 5.74) is 0. The predicted octanol–water partition coefficient (Wildman–Crippen LogP) is 0.616. The van der Waals surface area contributed by atoms with Gasteiger partial charge in [0.15, 0.2) is 0 Å². The number of rotatable bonds is 1. The lowest BCUT2D eigenvalue weighted by atomic mass is 10.8. The van der Waals surface area contributed by atoms with Crippen LogP contribution in [0.4, 0.5) is 0 Å². The molecule has 0 aromatic rings. The van der Waals surface area contributed by atoms with Crippen molar-refractivity contribution in [1.82, 2.24) is 0 Å². The van der Waals surface area contributed by atoms with Crippen molar-refractivity contribution in [2.24, 2.45) is 5.16 Å². The van der Waals surface area contributed by atoms with E-state index in [9.17, 15) is 0 Å². The third-order valence-corrected chi connectivity index (χ3v) is 0.201. The van der Waals surface area contributed by atoms with Crippen molar-refractivity contribution in [2.75, 3.05) is 0 Å². The van der Waals surface area contributed by atoms with E-state index in [1.165, 1.54) is 6.92 Å². The molecule has 0 radical (unpaired) electrons. The lowest BCUT2D eigenvalue weighted by molar-refractivity contribution is 0.326. The van der Waals surface area contributed by atoms with Gasteiger partial charge in [0.05, 0.1) is 0 Å². The first-order valence-corrected chi connectivity index (χ1v) is 1.45. The SMILES string of the molecule is C=NOC(C)=N. The molecule has 6 heavy (non-hydrogen) atoms. The lowest BCUT2D eigenvalue weighted by Gasteiger charge is -1.84. The minimum Gasteiger partial charge on any atom is -0.343 e. The van der Waals surface area contributed by atoms with Crippen molar-refractivity contribution in [1.29, 1.82) is 5.41 Å². The lowest BCUT2D eigenvalue weighted by Crippen LogP contribution is -1.86. The van der Waals surface area contributed by atoms with Crippen LogP contribution in [0, 0.1) is 5.41 Å². The smallest absolute Gasteiger partial charge is 0.214 e. The van der Waals surface area contributed by atoms with E-state index in [1.54, 1.807) is 0 Å². The van der Waals surface area contributed by atoms with Gasteiger partial charge in [-0.2, -0.15) is 0 Å². The molecule has 1 N–H and O–H groups in total. The first-order chi connectivity index (χ1) is 2.77. The van der Waals surface area contributed by atoms with E-state index in [1.807, 2.05) is 0 Å². The molecule has 0 bridgehead atoms. The minimum atomic E-state index is 0.0602. The van der Waals surface area contributed by atoms with Crippen molar-refractivity contribution in [3.8, 4) is 0 Å². The summed E-state index contributed by atoms with van der Waals surface area (Å²) in [7, 11) is 0. The van der Waals surface area contributed by atoms with Crippen LogP contribution in [0.15, 0.2) is 5.16 Å². The molecule has 0 aromatic carbocycles. The van der Waals surface area contributed by atoms with Gasteiger partial charge in [-0.25, -0.2) is 0 Å². The summed E-state index contributed by atoms with van der Waals surface area (Å²) in [5.74, 6) is 0.0602. The molecular formula is C3H6N2O. The van der Waals surface area contributed by atoms with E-state index in [2.05, 4.69) is 16.7 Å². The van der Waals surface area contributed by atoms with E-state index < -0.39 is 0 Å². The molecule has 0 amide bonds. The summed E-state index contributed by atoms with van der Waals surface area (Å²) >= 11 is 0. The number of hydrogen-bond acceptors (Lipinski definition) is 3. The number of hydrogen-bond donors (Lipinski definition) is 1. The van der Waals surface area contributed by atoms with Crippen LogP contribution in [0.3, 0.4) is 0 Å². The second kappa shape index (κ2) is 2.38. The zero-order valence-corrected chi connectivity index (χ0v) is 3.56. The Labute approximate surface area is 36.1 Å². The third-order valence-electron chi connectivity index (χ3n) is 0.201. The minimum absolute atomic E-state index is 0.0602. The summed E-state index contributed by atoms with van der Waals surface area (Å²) in [6.45, 7) is 4.47. The molecule has 0 aliphatic heterocycles. The molecule has 0 atom stereocenters. The molecule has 3 nitrogen and oxygen atoms in total. The van der Waals surface area contributed by atoms with Gasteiger partial charge in [-0.3, -0.25) is 5.41 Å². The molecular weight excluding hydrogens is 80.0 g/mol. The molecule has 34 valence electrons. The van der Waals surface area contributed by atoms with Crippen LogP contribution in [-0.2, 0) is 4.84 Å². The van der Waals surface area contributed by atoms with Gasteiger partial charge in [-0.15, -0.1) is 0 Å². The summed E-state index contributed by atoms with van der Waals surface area (Å²) in [4.78, 5) is 4.14. The summed E-state index contributed by atoms with van der Waals surface area (Å²) in [5, 5.41) is 9.50. The number of nitrogens with zero attached hydrogens (tertiary/aromatic N) is 1. The maximum Gasteiger partial charge on any atom is 0.214 e. The van der Waals surface area contributed by atoms with E-state index in [-0.39, 0.29) is 5.90 Å². The van der Waals surface area contributed by atoms with Gasteiger partial charge < -0.3 is 4.84 Å². The molecule has 3 heteroatoms. The van der Waals surface area contributed by atoms with Gasteiger partial charge in [0.1, 0.15) is 0 Å². The summed E-state index contributed by atoms with van der Waals surface area (Å²) in [6, 6.07) is 0. The fourth-order valence-corrected chi connectivity index (χ4v) is 0.0968. The summed E-state index contributed by atoms with van der Waals surface area (Å²) < 4.78 is 0. The van der Waals surface area contributed by atoms with E-state index in [4.69, 9.17) is 5.41 Å². The van der Waals surface area contributed by atoms with Crippen LogP contribution >= 0.6 is 0 Å². The molecule has 0 aliphatic rings. The molecule has 0 unspecified atom stereocenters. The Morgan fingerprint density at radius 3 is 2.50 bits per heavy atom.